The summed E-state index contributed by atoms with van der Waals surface area (Å²) >= 11 is 0. The van der Waals surface area contributed by atoms with Gasteiger partial charge in [-0.3, -0.25) is 0 Å². The fraction of sp³-hybridized carbons (Fsp3) is 1.00. The number of ether oxygens (including phenoxy) is 1. The van der Waals surface area contributed by atoms with Crippen LogP contribution in [0.3, 0.4) is 0 Å². The molecular formula is C12H26O5. The van der Waals surface area contributed by atoms with Crippen molar-refractivity contribution in [1.29, 1.82) is 0 Å². The fourth-order valence-corrected chi connectivity index (χ4v) is 0.750. The molecule has 0 aromatic heterocycles. The molecule has 0 saturated carbocycles. The third-order valence-corrected chi connectivity index (χ3v) is 1.34. The Morgan fingerprint density at radius 3 is 1.24 bits per heavy atom. The number of hydrogen-bond donors (Lipinski definition) is 0. The molecule has 17 heavy (non-hydrogen) atoms. The van der Waals surface area contributed by atoms with Gasteiger partial charge in [0.05, 0.1) is 11.2 Å². The molecule has 5 nitrogen and oxygen atoms in total. The summed E-state index contributed by atoms with van der Waals surface area (Å²) in [5.41, 5.74) is -0.861. The van der Waals surface area contributed by atoms with E-state index in [9.17, 15) is 0 Å². The Morgan fingerprint density at radius 1 is 0.647 bits per heavy atom. The molecule has 0 aromatic rings. The lowest BCUT2D eigenvalue weighted by Crippen LogP contribution is -2.42. The summed E-state index contributed by atoms with van der Waals surface area (Å²) in [4.78, 5) is 21.0. The van der Waals surface area contributed by atoms with Crippen LogP contribution in [0, 0.1) is 0 Å². The summed E-state index contributed by atoms with van der Waals surface area (Å²) in [5, 5.41) is 0. The zero-order chi connectivity index (χ0) is 13.7. The van der Waals surface area contributed by atoms with E-state index < -0.39 is 17.0 Å². The van der Waals surface area contributed by atoms with Gasteiger partial charge in [0.15, 0.2) is 0 Å². The summed E-state index contributed by atoms with van der Waals surface area (Å²) in [5.74, 6) is -1.10. The maximum atomic E-state index is 5.26. The molecule has 0 atom stereocenters. The van der Waals surface area contributed by atoms with Gasteiger partial charge in [0, 0.05) is 7.11 Å². The Labute approximate surface area is 104 Å². The summed E-state index contributed by atoms with van der Waals surface area (Å²) in [6.07, 6.45) is 0. The SMILES string of the molecule is COCC(C)(OOC(C)(C)C)OOC(C)(C)C. The molecule has 0 rings (SSSR count). The molecule has 0 bridgehead atoms. The minimum Gasteiger partial charge on any atom is -0.379 e. The number of rotatable bonds is 6. The highest BCUT2D eigenvalue weighted by molar-refractivity contribution is 4.61. The standard InChI is InChI=1S/C12H26O5/c1-10(2,3)14-16-12(7,9-13-8)17-15-11(4,5)6/h9H2,1-8H3. The second-order valence-corrected chi connectivity index (χ2v) is 6.12. The summed E-state index contributed by atoms with van der Waals surface area (Å²) in [7, 11) is 1.55. The first-order chi connectivity index (χ1) is 7.47. The Morgan fingerprint density at radius 2 is 1.00 bits per heavy atom. The molecule has 0 radical (unpaired) electrons. The molecule has 5 heteroatoms. The van der Waals surface area contributed by atoms with E-state index in [1.165, 1.54) is 0 Å². The van der Waals surface area contributed by atoms with E-state index in [-0.39, 0.29) is 6.61 Å². The van der Waals surface area contributed by atoms with Gasteiger partial charge in [-0.2, -0.15) is 9.78 Å². The fourth-order valence-electron chi connectivity index (χ4n) is 0.750. The maximum Gasteiger partial charge on any atom is 0.254 e. The Bertz CT molecular complexity index is 196. The van der Waals surface area contributed by atoms with Crippen molar-refractivity contribution in [3.05, 3.63) is 0 Å². The average Bonchev–Trinajstić information content (AvgIpc) is 2.11. The predicted molar refractivity (Wildman–Crippen MR) is 64.1 cm³/mol. The van der Waals surface area contributed by atoms with Crippen molar-refractivity contribution in [3.8, 4) is 0 Å². The van der Waals surface area contributed by atoms with Gasteiger partial charge in [-0.05, 0) is 48.5 Å². The number of hydrogen-bond acceptors (Lipinski definition) is 5. The van der Waals surface area contributed by atoms with E-state index in [1.807, 2.05) is 41.5 Å². The second-order valence-electron chi connectivity index (χ2n) is 6.12. The van der Waals surface area contributed by atoms with Crippen LogP contribution in [-0.4, -0.2) is 30.7 Å². The topological polar surface area (TPSA) is 46.2 Å². The quantitative estimate of drug-likeness (QED) is 0.412. The maximum absolute atomic E-state index is 5.26. The van der Waals surface area contributed by atoms with Crippen LogP contribution in [-0.2, 0) is 24.3 Å². The minimum atomic E-state index is -1.10. The molecule has 0 spiro atoms. The summed E-state index contributed by atoms with van der Waals surface area (Å²) in [6, 6.07) is 0. The number of methoxy groups -OCH3 is 1. The molecule has 0 aliphatic rings. The average molecular weight is 250 g/mol. The lowest BCUT2D eigenvalue weighted by atomic mass is 10.2. The Hall–Kier alpha value is -0.200. The van der Waals surface area contributed by atoms with Crippen LogP contribution in [0.4, 0.5) is 0 Å². The van der Waals surface area contributed by atoms with Crippen LogP contribution in [0.1, 0.15) is 48.5 Å². The molecule has 104 valence electrons. The van der Waals surface area contributed by atoms with Gasteiger partial charge in [0.2, 0.25) is 0 Å². The second kappa shape index (κ2) is 6.11. The minimum absolute atomic E-state index is 0.194. The highest BCUT2D eigenvalue weighted by Gasteiger charge is 2.33. The predicted octanol–water partition coefficient (Wildman–Crippen LogP) is 2.84. The van der Waals surface area contributed by atoms with E-state index in [0.717, 1.165) is 0 Å². The van der Waals surface area contributed by atoms with Crippen molar-refractivity contribution < 1.29 is 24.3 Å². The highest BCUT2D eigenvalue weighted by Crippen LogP contribution is 2.21. The van der Waals surface area contributed by atoms with Crippen LogP contribution in [0.5, 0.6) is 0 Å². The van der Waals surface area contributed by atoms with Gasteiger partial charge in [0.1, 0.15) is 6.61 Å². The van der Waals surface area contributed by atoms with Crippen LogP contribution in [0.25, 0.3) is 0 Å². The summed E-state index contributed by atoms with van der Waals surface area (Å²) in [6.45, 7) is 13.2. The molecule has 0 saturated heterocycles. The van der Waals surface area contributed by atoms with E-state index in [2.05, 4.69) is 0 Å². The summed E-state index contributed by atoms with van der Waals surface area (Å²) < 4.78 is 5.03. The highest BCUT2D eigenvalue weighted by atomic mass is 17.3. The molecule has 0 amide bonds. The van der Waals surface area contributed by atoms with Gasteiger partial charge in [-0.1, -0.05) is 0 Å². The molecule has 0 unspecified atom stereocenters. The normalized spacial score (nSPS) is 14.1. The van der Waals surface area contributed by atoms with Crippen molar-refractivity contribution in [2.24, 2.45) is 0 Å². The van der Waals surface area contributed by atoms with Crippen LogP contribution in [0.2, 0.25) is 0 Å². The van der Waals surface area contributed by atoms with E-state index in [0.29, 0.717) is 0 Å². The molecule has 0 aliphatic carbocycles. The molecule has 0 fully saturated rings. The molecular weight excluding hydrogens is 224 g/mol. The lowest BCUT2D eigenvalue weighted by molar-refractivity contribution is -0.540. The zero-order valence-corrected chi connectivity index (χ0v) is 12.2. The van der Waals surface area contributed by atoms with Crippen molar-refractivity contribution in [2.75, 3.05) is 13.7 Å². The van der Waals surface area contributed by atoms with Crippen molar-refractivity contribution in [1.82, 2.24) is 0 Å². The van der Waals surface area contributed by atoms with Gasteiger partial charge < -0.3 is 4.74 Å². The van der Waals surface area contributed by atoms with E-state index in [4.69, 9.17) is 24.3 Å². The van der Waals surface area contributed by atoms with Crippen molar-refractivity contribution in [2.45, 2.75) is 65.5 Å². The smallest absolute Gasteiger partial charge is 0.254 e. The molecule has 0 heterocycles. The van der Waals surface area contributed by atoms with E-state index in [1.54, 1.807) is 14.0 Å². The third kappa shape index (κ3) is 9.50. The lowest BCUT2D eigenvalue weighted by Gasteiger charge is -2.32. The largest absolute Gasteiger partial charge is 0.379 e. The van der Waals surface area contributed by atoms with E-state index >= 15 is 0 Å². The van der Waals surface area contributed by atoms with Gasteiger partial charge in [-0.15, -0.1) is 0 Å². The molecule has 0 aliphatic heterocycles. The van der Waals surface area contributed by atoms with Crippen LogP contribution in [0.15, 0.2) is 0 Å². The van der Waals surface area contributed by atoms with Crippen molar-refractivity contribution >= 4 is 0 Å². The Kier molecular flexibility index (Phi) is 6.04. The molecule has 0 aromatic carbocycles. The van der Waals surface area contributed by atoms with Crippen LogP contribution < -0.4 is 0 Å². The first-order valence-electron chi connectivity index (χ1n) is 5.70. The first-order valence-corrected chi connectivity index (χ1v) is 5.70. The molecule has 0 N–H and O–H groups in total. The first kappa shape index (κ1) is 16.8. The third-order valence-electron chi connectivity index (χ3n) is 1.34. The van der Waals surface area contributed by atoms with Crippen molar-refractivity contribution in [3.63, 3.8) is 0 Å². The van der Waals surface area contributed by atoms with Gasteiger partial charge in [0.25, 0.3) is 5.79 Å². The van der Waals surface area contributed by atoms with Crippen LogP contribution >= 0.6 is 0 Å². The monoisotopic (exact) mass is 250 g/mol. The van der Waals surface area contributed by atoms with Gasteiger partial charge in [-0.25, -0.2) is 9.78 Å². The van der Waals surface area contributed by atoms with Gasteiger partial charge >= 0.3 is 0 Å². The zero-order valence-electron chi connectivity index (χ0n) is 12.2. The Balaban J connectivity index is 4.35.